The number of carbonyl (C=O) groups excluding carboxylic acids is 1. The molecule has 0 unspecified atom stereocenters. The van der Waals surface area contributed by atoms with Crippen molar-refractivity contribution in [1.82, 2.24) is 15.3 Å². The maximum Gasteiger partial charge on any atom is 0.220 e. The molecular formula is C20H21N3O2. The van der Waals surface area contributed by atoms with Crippen molar-refractivity contribution in [2.24, 2.45) is 0 Å². The zero-order valence-corrected chi connectivity index (χ0v) is 14.0. The van der Waals surface area contributed by atoms with Crippen molar-refractivity contribution in [3.05, 3.63) is 72.5 Å². The Morgan fingerprint density at radius 3 is 2.72 bits per heavy atom. The molecule has 0 saturated heterocycles. The number of benzene rings is 1. The van der Waals surface area contributed by atoms with E-state index in [1.165, 1.54) is 0 Å². The van der Waals surface area contributed by atoms with Crippen LogP contribution in [0, 0.1) is 0 Å². The molecule has 1 N–H and O–H groups in total. The van der Waals surface area contributed by atoms with Crippen molar-refractivity contribution in [3.63, 3.8) is 0 Å². The van der Waals surface area contributed by atoms with Crippen molar-refractivity contribution in [2.45, 2.75) is 25.7 Å². The Morgan fingerprint density at radius 1 is 1.04 bits per heavy atom. The molecule has 0 atom stereocenters. The van der Waals surface area contributed by atoms with Crippen LogP contribution in [0.5, 0.6) is 0 Å². The van der Waals surface area contributed by atoms with Crippen molar-refractivity contribution in [1.29, 1.82) is 0 Å². The lowest BCUT2D eigenvalue weighted by Crippen LogP contribution is -2.25. The zero-order chi connectivity index (χ0) is 17.3. The van der Waals surface area contributed by atoms with Gasteiger partial charge in [0.25, 0.3) is 0 Å². The number of amides is 1. The highest BCUT2D eigenvalue weighted by Gasteiger charge is 2.07. The average Bonchev–Trinajstić information content (AvgIpc) is 3.12. The molecular weight excluding hydrogens is 314 g/mol. The number of hydrogen-bond acceptors (Lipinski definition) is 4. The molecule has 0 aliphatic carbocycles. The lowest BCUT2D eigenvalue weighted by molar-refractivity contribution is -0.121. The molecule has 0 aliphatic heterocycles. The van der Waals surface area contributed by atoms with E-state index in [2.05, 4.69) is 15.3 Å². The standard InChI is InChI=1S/C20H21N3O2/c24-19(22-13-11-16-6-5-12-21-14-16)9-4-10-20-23-15-18(25-20)17-7-2-1-3-8-17/h1-3,5-8,12,14-15H,4,9-11,13H2,(H,22,24). The van der Waals surface area contributed by atoms with Crippen LogP contribution in [-0.2, 0) is 17.6 Å². The van der Waals surface area contributed by atoms with Crippen LogP contribution in [0.1, 0.15) is 24.3 Å². The SMILES string of the molecule is O=C(CCCc1ncc(-c2ccccc2)o1)NCCc1cccnc1. The third kappa shape index (κ3) is 5.28. The fraction of sp³-hybridized carbons (Fsp3) is 0.250. The third-order valence-electron chi connectivity index (χ3n) is 3.86. The fourth-order valence-corrected chi connectivity index (χ4v) is 2.54. The molecule has 25 heavy (non-hydrogen) atoms. The zero-order valence-electron chi connectivity index (χ0n) is 14.0. The molecule has 3 rings (SSSR count). The number of oxazole rings is 1. The second-order valence-corrected chi connectivity index (χ2v) is 5.80. The predicted octanol–water partition coefficient (Wildman–Crippen LogP) is 3.42. The number of nitrogens with one attached hydrogen (secondary N) is 1. The molecule has 1 amide bonds. The van der Waals surface area contributed by atoms with Crippen LogP contribution in [0.25, 0.3) is 11.3 Å². The van der Waals surface area contributed by atoms with Gasteiger partial charge in [0.05, 0.1) is 6.20 Å². The highest BCUT2D eigenvalue weighted by atomic mass is 16.4. The largest absolute Gasteiger partial charge is 0.441 e. The summed E-state index contributed by atoms with van der Waals surface area (Å²) in [5.74, 6) is 1.48. The van der Waals surface area contributed by atoms with E-state index in [-0.39, 0.29) is 5.91 Å². The van der Waals surface area contributed by atoms with Crippen LogP contribution < -0.4 is 5.32 Å². The summed E-state index contributed by atoms with van der Waals surface area (Å²) in [7, 11) is 0. The van der Waals surface area contributed by atoms with Gasteiger partial charge in [0.1, 0.15) is 0 Å². The Morgan fingerprint density at radius 2 is 1.92 bits per heavy atom. The van der Waals surface area contributed by atoms with Gasteiger partial charge in [-0.05, 0) is 24.5 Å². The second-order valence-electron chi connectivity index (χ2n) is 5.80. The van der Waals surface area contributed by atoms with Gasteiger partial charge in [0, 0.05) is 37.3 Å². The fourth-order valence-electron chi connectivity index (χ4n) is 2.54. The highest BCUT2D eigenvalue weighted by molar-refractivity contribution is 5.75. The molecule has 5 nitrogen and oxygen atoms in total. The predicted molar refractivity (Wildman–Crippen MR) is 95.8 cm³/mol. The topological polar surface area (TPSA) is 68.0 Å². The monoisotopic (exact) mass is 335 g/mol. The maximum atomic E-state index is 11.9. The van der Waals surface area contributed by atoms with Gasteiger partial charge in [-0.1, -0.05) is 36.4 Å². The lowest BCUT2D eigenvalue weighted by atomic mass is 10.2. The first kappa shape index (κ1) is 16.9. The van der Waals surface area contributed by atoms with Gasteiger partial charge in [-0.3, -0.25) is 9.78 Å². The molecule has 2 aromatic heterocycles. The molecule has 2 heterocycles. The van der Waals surface area contributed by atoms with E-state index in [1.807, 2.05) is 48.7 Å². The van der Waals surface area contributed by atoms with E-state index in [0.29, 0.717) is 31.7 Å². The Labute approximate surface area is 147 Å². The summed E-state index contributed by atoms with van der Waals surface area (Å²) in [4.78, 5) is 20.2. The van der Waals surface area contributed by atoms with Crippen LogP contribution in [0.2, 0.25) is 0 Å². The van der Waals surface area contributed by atoms with Gasteiger partial charge in [0.15, 0.2) is 11.7 Å². The maximum absolute atomic E-state index is 11.9. The van der Waals surface area contributed by atoms with E-state index < -0.39 is 0 Å². The number of nitrogens with zero attached hydrogens (tertiary/aromatic N) is 2. The third-order valence-corrected chi connectivity index (χ3v) is 3.86. The van der Waals surface area contributed by atoms with Gasteiger partial charge in [0.2, 0.25) is 5.91 Å². The highest BCUT2D eigenvalue weighted by Crippen LogP contribution is 2.20. The van der Waals surface area contributed by atoms with Crippen molar-refractivity contribution in [3.8, 4) is 11.3 Å². The minimum Gasteiger partial charge on any atom is -0.441 e. The molecule has 0 fully saturated rings. The summed E-state index contributed by atoms with van der Waals surface area (Å²) in [6.45, 7) is 0.627. The number of aromatic nitrogens is 2. The van der Waals surface area contributed by atoms with E-state index in [9.17, 15) is 4.79 Å². The van der Waals surface area contributed by atoms with Gasteiger partial charge in [-0.2, -0.15) is 0 Å². The van der Waals surface area contributed by atoms with Gasteiger partial charge < -0.3 is 9.73 Å². The number of pyridine rings is 1. The Hall–Kier alpha value is -2.95. The van der Waals surface area contributed by atoms with Crippen molar-refractivity contribution >= 4 is 5.91 Å². The van der Waals surface area contributed by atoms with Crippen LogP contribution in [-0.4, -0.2) is 22.4 Å². The molecule has 128 valence electrons. The summed E-state index contributed by atoms with van der Waals surface area (Å²) in [6, 6.07) is 13.8. The van der Waals surface area contributed by atoms with E-state index in [4.69, 9.17) is 4.42 Å². The minimum atomic E-state index is 0.0544. The normalized spacial score (nSPS) is 10.6. The minimum absolute atomic E-state index is 0.0544. The first-order valence-electron chi connectivity index (χ1n) is 8.47. The molecule has 1 aromatic carbocycles. The van der Waals surface area contributed by atoms with Crippen molar-refractivity contribution in [2.75, 3.05) is 6.54 Å². The van der Waals surface area contributed by atoms with Crippen molar-refractivity contribution < 1.29 is 9.21 Å². The van der Waals surface area contributed by atoms with Gasteiger partial charge in [-0.25, -0.2) is 4.98 Å². The van der Waals surface area contributed by atoms with Gasteiger partial charge in [-0.15, -0.1) is 0 Å². The Bertz CT molecular complexity index is 785. The summed E-state index contributed by atoms with van der Waals surface area (Å²) in [5, 5.41) is 2.93. The number of hydrogen-bond donors (Lipinski definition) is 1. The summed E-state index contributed by atoms with van der Waals surface area (Å²) in [5.41, 5.74) is 2.13. The van der Waals surface area contributed by atoms with E-state index >= 15 is 0 Å². The number of carbonyl (C=O) groups is 1. The molecule has 5 heteroatoms. The van der Waals surface area contributed by atoms with E-state index in [0.717, 1.165) is 23.3 Å². The number of rotatable bonds is 8. The first-order valence-corrected chi connectivity index (χ1v) is 8.47. The molecule has 0 bridgehead atoms. The summed E-state index contributed by atoms with van der Waals surface area (Å²) < 4.78 is 5.74. The molecule has 0 radical (unpaired) electrons. The Kier molecular flexibility index (Phi) is 5.93. The van der Waals surface area contributed by atoms with Crippen LogP contribution in [0.15, 0.2) is 65.5 Å². The molecule has 0 spiro atoms. The molecule has 3 aromatic rings. The van der Waals surface area contributed by atoms with Gasteiger partial charge >= 0.3 is 0 Å². The van der Waals surface area contributed by atoms with E-state index in [1.54, 1.807) is 12.4 Å². The molecule has 0 aliphatic rings. The van der Waals surface area contributed by atoms with Crippen LogP contribution in [0.4, 0.5) is 0 Å². The average molecular weight is 335 g/mol. The summed E-state index contributed by atoms with van der Waals surface area (Å²) in [6.07, 6.45) is 7.93. The van der Waals surface area contributed by atoms with Crippen LogP contribution in [0.3, 0.4) is 0 Å². The number of aryl methyl sites for hydroxylation is 1. The lowest BCUT2D eigenvalue weighted by Gasteiger charge is -2.04. The Balaban J connectivity index is 1.36. The molecule has 0 saturated carbocycles. The first-order chi connectivity index (χ1) is 12.3. The smallest absolute Gasteiger partial charge is 0.220 e. The van der Waals surface area contributed by atoms with Crippen LogP contribution >= 0.6 is 0 Å². The summed E-state index contributed by atoms with van der Waals surface area (Å²) >= 11 is 0. The quantitative estimate of drug-likeness (QED) is 0.685. The second kappa shape index (κ2) is 8.78.